The molecular weight excluding hydrogens is 228 g/mol. The first kappa shape index (κ1) is 12.5. The van der Waals surface area contributed by atoms with Gasteiger partial charge in [-0.15, -0.1) is 0 Å². The molecule has 0 bridgehead atoms. The Labute approximate surface area is 107 Å². The van der Waals surface area contributed by atoms with Gasteiger partial charge in [-0.1, -0.05) is 0 Å². The number of anilines is 2. The zero-order valence-corrected chi connectivity index (χ0v) is 11.1. The van der Waals surface area contributed by atoms with Crippen LogP contribution in [0.2, 0.25) is 0 Å². The molecule has 0 unspecified atom stereocenters. The van der Waals surface area contributed by atoms with E-state index in [0.717, 1.165) is 30.3 Å². The molecule has 0 aliphatic heterocycles. The summed E-state index contributed by atoms with van der Waals surface area (Å²) in [6.45, 7) is 7.75. The summed E-state index contributed by atoms with van der Waals surface area (Å²) in [6, 6.07) is 0.289. The zero-order valence-electron chi connectivity index (χ0n) is 11.1. The van der Waals surface area contributed by atoms with E-state index in [1.165, 1.54) is 0 Å². The number of imidazole rings is 1. The Morgan fingerprint density at radius 1 is 1.44 bits per heavy atom. The van der Waals surface area contributed by atoms with Crippen LogP contribution in [0.15, 0.2) is 18.7 Å². The van der Waals surface area contributed by atoms with Crippen LogP contribution in [0, 0.1) is 6.92 Å². The summed E-state index contributed by atoms with van der Waals surface area (Å²) < 4.78 is 3.95. The molecule has 0 aromatic carbocycles. The van der Waals surface area contributed by atoms with Gasteiger partial charge >= 0.3 is 0 Å². The highest BCUT2D eigenvalue weighted by Crippen LogP contribution is 2.25. The quantitative estimate of drug-likeness (QED) is 0.844. The van der Waals surface area contributed by atoms with Crippen molar-refractivity contribution in [3.63, 3.8) is 0 Å². The highest BCUT2D eigenvalue weighted by Gasteiger charge is 2.13. The Kier molecular flexibility index (Phi) is 3.55. The predicted molar refractivity (Wildman–Crippen MR) is 72.5 cm³/mol. The molecule has 6 heteroatoms. The molecule has 0 spiro atoms. The Morgan fingerprint density at radius 3 is 2.83 bits per heavy atom. The summed E-state index contributed by atoms with van der Waals surface area (Å²) in [6.07, 6.45) is 5.52. The fraction of sp³-hybridized carbons (Fsp3) is 0.500. The van der Waals surface area contributed by atoms with Crippen molar-refractivity contribution in [2.24, 2.45) is 0 Å². The maximum atomic E-state index is 6.04. The van der Waals surface area contributed by atoms with Crippen LogP contribution in [0.4, 0.5) is 11.5 Å². The number of hydrogen-bond acceptors (Lipinski definition) is 4. The molecule has 0 saturated heterocycles. The molecule has 0 radical (unpaired) electrons. The lowest BCUT2D eigenvalue weighted by molar-refractivity contribution is 0.533. The molecule has 18 heavy (non-hydrogen) atoms. The van der Waals surface area contributed by atoms with E-state index in [9.17, 15) is 0 Å². The van der Waals surface area contributed by atoms with Crippen LogP contribution in [0.1, 0.15) is 25.6 Å². The van der Waals surface area contributed by atoms with Gasteiger partial charge in [0.05, 0.1) is 17.7 Å². The molecule has 0 saturated carbocycles. The largest absolute Gasteiger partial charge is 0.394 e. The Balaban J connectivity index is 2.04. The summed E-state index contributed by atoms with van der Waals surface area (Å²) in [5, 5.41) is 7.78. The predicted octanol–water partition coefficient (Wildman–Crippen LogP) is 1.66. The van der Waals surface area contributed by atoms with Crippen molar-refractivity contribution >= 4 is 11.5 Å². The van der Waals surface area contributed by atoms with Crippen LogP contribution >= 0.6 is 0 Å². The average Bonchev–Trinajstić information content (AvgIpc) is 2.92. The van der Waals surface area contributed by atoms with Gasteiger partial charge in [-0.3, -0.25) is 0 Å². The van der Waals surface area contributed by atoms with Crippen molar-refractivity contribution in [2.75, 3.05) is 17.6 Å². The van der Waals surface area contributed by atoms with E-state index in [0.29, 0.717) is 0 Å². The number of aromatic nitrogens is 4. The standard InChI is InChI=1S/C12H20N6/c1-9(2)18-12(11(13)10(3)16-18)15-5-7-17-6-4-14-8-17/h4,6,8-9,15H,5,7,13H2,1-3H3. The van der Waals surface area contributed by atoms with Crippen LogP contribution in [0.5, 0.6) is 0 Å². The second-order valence-electron chi connectivity index (χ2n) is 4.61. The van der Waals surface area contributed by atoms with Gasteiger partial charge in [-0.2, -0.15) is 5.10 Å². The second kappa shape index (κ2) is 5.12. The smallest absolute Gasteiger partial charge is 0.148 e. The van der Waals surface area contributed by atoms with Gasteiger partial charge in [0.2, 0.25) is 0 Å². The summed E-state index contributed by atoms with van der Waals surface area (Å²) >= 11 is 0. The van der Waals surface area contributed by atoms with Crippen LogP contribution in [0.3, 0.4) is 0 Å². The molecule has 0 fully saturated rings. The lowest BCUT2D eigenvalue weighted by Gasteiger charge is -2.13. The first-order chi connectivity index (χ1) is 8.59. The van der Waals surface area contributed by atoms with Crippen LogP contribution in [-0.4, -0.2) is 25.9 Å². The van der Waals surface area contributed by atoms with Crippen LogP contribution in [0.25, 0.3) is 0 Å². The average molecular weight is 248 g/mol. The van der Waals surface area contributed by atoms with Gasteiger partial charge < -0.3 is 15.6 Å². The van der Waals surface area contributed by atoms with E-state index in [4.69, 9.17) is 5.73 Å². The van der Waals surface area contributed by atoms with E-state index in [1.54, 1.807) is 12.5 Å². The monoisotopic (exact) mass is 248 g/mol. The van der Waals surface area contributed by atoms with E-state index >= 15 is 0 Å². The van der Waals surface area contributed by atoms with Crippen molar-refractivity contribution in [1.29, 1.82) is 0 Å². The summed E-state index contributed by atoms with van der Waals surface area (Å²) in [4.78, 5) is 4.01. The molecule has 2 heterocycles. The maximum absolute atomic E-state index is 6.04. The molecule has 98 valence electrons. The van der Waals surface area contributed by atoms with Gasteiger partial charge in [0, 0.05) is 31.5 Å². The number of nitrogens with zero attached hydrogens (tertiary/aromatic N) is 4. The van der Waals surface area contributed by atoms with Gasteiger partial charge in [-0.05, 0) is 20.8 Å². The molecule has 6 nitrogen and oxygen atoms in total. The Morgan fingerprint density at radius 2 is 2.22 bits per heavy atom. The van der Waals surface area contributed by atoms with Crippen molar-refractivity contribution in [1.82, 2.24) is 19.3 Å². The topological polar surface area (TPSA) is 73.7 Å². The molecule has 0 aliphatic rings. The molecular formula is C12H20N6. The van der Waals surface area contributed by atoms with E-state index in [1.807, 2.05) is 22.4 Å². The molecule has 2 aromatic heterocycles. The summed E-state index contributed by atoms with van der Waals surface area (Å²) in [5.41, 5.74) is 7.64. The van der Waals surface area contributed by atoms with Crippen molar-refractivity contribution in [3.05, 3.63) is 24.4 Å². The number of hydrogen-bond donors (Lipinski definition) is 2. The van der Waals surface area contributed by atoms with Crippen molar-refractivity contribution < 1.29 is 0 Å². The Hall–Kier alpha value is -1.98. The third kappa shape index (κ3) is 2.47. The van der Waals surface area contributed by atoms with Crippen LogP contribution in [-0.2, 0) is 6.54 Å². The minimum Gasteiger partial charge on any atom is -0.394 e. The first-order valence-electron chi connectivity index (χ1n) is 6.13. The van der Waals surface area contributed by atoms with E-state index in [-0.39, 0.29) is 6.04 Å². The Bertz CT molecular complexity index is 497. The molecule has 0 amide bonds. The maximum Gasteiger partial charge on any atom is 0.148 e. The summed E-state index contributed by atoms with van der Waals surface area (Å²) in [5.74, 6) is 0.905. The first-order valence-corrected chi connectivity index (χ1v) is 6.13. The van der Waals surface area contributed by atoms with Crippen molar-refractivity contribution in [2.45, 2.75) is 33.4 Å². The molecule has 2 aromatic rings. The normalized spacial score (nSPS) is 11.1. The molecule has 0 aliphatic carbocycles. The number of aryl methyl sites for hydroxylation is 1. The summed E-state index contributed by atoms with van der Waals surface area (Å²) in [7, 11) is 0. The molecule has 2 rings (SSSR count). The number of rotatable bonds is 5. The molecule has 3 N–H and O–H groups in total. The fourth-order valence-corrected chi connectivity index (χ4v) is 1.83. The number of nitrogens with one attached hydrogen (secondary N) is 1. The third-order valence-corrected chi connectivity index (χ3v) is 2.84. The minimum absolute atomic E-state index is 0.289. The van der Waals surface area contributed by atoms with Crippen LogP contribution < -0.4 is 11.1 Å². The lowest BCUT2D eigenvalue weighted by atomic mass is 10.3. The fourth-order valence-electron chi connectivity index (χ4n) is 1.83. The highest BCUT2D eigenvalue weighted by molar-refractivity contribution is 5.64. The lowest BCUT2D eigenvalue weighted by Crippen LogP contribution is -2.15. The van der Waals surface area contributed by atoms with Gasteiger partial charge in [-0.25, -0.2) is 9.67 Å². The van der Waals surface area contributed by atoms with Gasteiger partial charge in [0.15, 0.2) is 0 Å². The highest BCUT2D eigenvalue weighted by atomic mass is 15.4. The third-order valence-electron chi connectivity index (χ3n) is 2.84. The minimum atomic E-state index is 0.289. The number of nitrogen functional groups attached to an aromatic ring is 1. The SMILES string of the molecule is Cc1nn(C(C)C)c(NCCn2ccnc2)c1N. The van der Waals surface area contributed by atoms with E-state index in [2.05, 4.69) is 29.2 Å². The van der Waals surface area contributed by atoms with E-state index < -0.39 is 0 Å². The van der Waals surface area contributed by atoms with Crippen molar-refractivity contribution in [3.8, 4) is 0 Å². The molecule has 0 atom stereocenters. The zero-order chi connectivity index (χ0) is 13.1. The van der Waals surface area contributed by atoms with Gasteiger partial charge in [0.1, 0.15) is 5.82 Å². The van der Waals surface area contributed by atoms with Gasteiger partial charge in [0.25, 0.3) is 0 Å². The number of nitrogens with two attached hydrogens (primary N) is 1. The second-order valence-corrected chi connectivity index (χ2v) is 4.61.